The number of hydrogen-bond donors (Lipinski definition) is 2. The lowest BCUT2D eigenvalue weighted by atomic mass is 9.96. The molecule has 8 nitrogen and oxygen atoms in total. The van der Waals surface area contributed by atoms with Crippen molar-refractivity contribution in [1.29, 1.82) is 0 Å². The summed E-state index contributed by atoms with van der Waals surface area (Å²) in [5.74, 6) is 0.428. The van der Waals surface area contributed by atoms with Gasteiger partial charge in [-0.25, -0.2) is 4.98 Å². The standard InChI is InChI=1S/C28H33N5O3/c29-27(35)20-14-17-32(18-15-20)16-13-19-5-7-21(8-6-19)30-26(34)12-11-25-31-24-4-2-1-3-23(24)28(36)33(25)22-9-10-22/h1-8,20,22H,9-18H2,(H2,29,35)(H,30,34). The van der Waals surface area contributed by atoms with Gasteiger partial charge >= 0.3 is 0 Å². The van der Waals surface area contributed by atoms with Crippen molar-refractivity contribution in [2.24, 2.45) is 11.7 Å². The van der Waals surface area contributed by atoms with E-state index in [1.165, 1.54) is 5.56 Å². The summed E-state index contributed by atoms with van der Waals surface area (Å²) in [7, 11) is 0. The van der Waals surface area contributed by atoms with Gasteiger partial charge in [0.1, 0.15) is 5.82 Å². The number of hydrogen-bond acceptors (Lipinski definition) is 5. The first-order chi connectivity index (χ1) is 17.5. The summed E-state index contributed by atoms with van der Waals surface area (Å²) >= 11 is 0. The fourth-order valence-electron chi connectivity index (χ4n) is 5.01. The number of aryl methyl sites for hydroxylation is 1. The summed E-state index contributed by atoms with van der Waals surface area (Å²) in [4.78, 5) is 44.1. The molecule has 1 aliphatic carbocycles. The molecule has 0 atom stereocenters. The van der Waals surface area contributed by atoms with Crippen molar-refractivity contribution < 1.29 is 9.59 Å². The monoisotopic (exact) mass is 487 g/mol. The average molecular weight is 488 g/mol. The first-order valence-corrected chi connectivity index (χ1v) is 12.9. The molecule has 0 spiro atoms. The zero-order valence-corrected chi connectivity index (χ0v) is 20.5. The molecule has 36 heavy (non-hydrogen) atoms. The molecule has 0 bridgehead atoms. The number of anilines is 1. The fraction of sp³-hybridized carbons (Fsp3) is 0.429. The van der Waals surface area contributed by atoms with Gasteiger partial charge in [0.05, 0.1) is 10.9 Å². The second kappa shape index (κ2) is 10.6. The van der Waals surface area contributed by atoms with Crippen molar-refractivity contribution in [3.8, 4) is 0 Å². The van der Waals surface area contributed by atoms with Crippen LogP contribution in [0.15, 0.2) is 53.3 Å². The number of nitrogens with zero attached hydrogens (tertiary/aromatic N) is 3. The Morgan fingerprint density at radius 3 is 2.39 bits per heavy atom. The predicted molar refractivity (Wildman–Crippen MR) is 140 cm³/mol. The first kappa shape index (κ1) is 24.2. The summed E-state index contributed by atoms with van der Waals surface area (Å²) in [5.41, 5.74) is 8.06. The highest BCUT2D eigenvalue weighted by atomic mass is 16.2. The second-order valence-electron chi connectivity index (χ2n) is 9.96. The molecule has 8 heteroatoms. The van der Waals surface area contributed by atoms with Gasteiger partial charge in [0.15, 0.2) is 0 Å². The number of para-hydroxylation sites is 1. The van der Waals surface area contributed by atoms with Gasteiger partial charge in [0.2, 0.25) is 11.8 Å². The van der Waals surface area contributed by atoms with Crippen molar-refractivity contribution in [2.45, 2.75) is 51.0 Å². The van der Waals surface area contributed by atoms with Gasteiger partial charge in [0.25, 0.3) is 5.56 Å². The third-order valence-corrected chi connectivity index (χ3v) is 7.31. The molecule has 1 aromatic heterocycles. The van der Waals surface area contributed by atoms with Crippen molar-refractivity contribution in [3.05, 3.63) is 70.3 Å². The lowest BCUT2D eigenvalue weighted by molar-refractivity contribution is -0.123. The molecule has 2 aliphatic rings. The van der Waals surface area contributed by atoms with Crippen LogP contribution in [0.3, 0.4) is 0 Å². The molecule has 1 saturated heterocycles. The summed E-state index contributed by atoms with van der Waals surface area (Å²) in [6, 6.07) is 15.6. The zero-order chi connectivity index (χ0) is 25.1. The van der Waals surface area contributed by atoms with E-state index >= 15 is 0 Å². The minimum atomic E-state index is -0.182. The van der Waals surface area contributed by atoms with E-state index in [4.69, 9.17) is 10.7 Å². The van der Waals surface area contributed by atoms with Crippen LogP contribution < -0.4 is 16.6 Å². The van der Waals surface area contributed by atoms with Gasteiger partial charge < -0.3 is 16.0 Å². The number of carbonyl (C=O) groups excluding carboxylic acids is 2. The summed E-state index contributed by atoms with van der Waals surface area (Å²) in [6.45, 7) is 2.75. The van der Waals surface area contributed by atoms with Crippen LogP contribution in [0.4, 0.5) is 5.69 Å². The number of fused-ring (bicyclic) bond motifs is 1. The Hall–Kier alpha value is -3.52. The van der Waals surface area contributed by atoms with Gasteiger partial charge in [-0.15, -0.1) is 0 Å². The van der Waals surface area contributed by atoms with E-state index in [1.807, 2.05) is 48.5 Å². The van der Waals surface area contributed by atoms with E-state index in [0.717, 1.165) is 57.4 Å². The Morgan fingerprint density at radius 1 is 0.972 bits per heavy atom. The number of nitrogens with one attached hydrogen (secondary N) is 1. The van der Waals surface area contributed by atoms with Gasteiger partial charge in [-0.1, -0.05) is 24.3 Å². The van der Waals surface area contributed by atoms with Gasteiger partial charge in [-0.05, 0) is 75.0 Å². The summed E-state index contributed by atoms with van der Waals surface area (Å²) < 4.78 is 1.79. The molecule has 3 N–H and O–H groups in total. The Labute approximate surface area is 210 Å². The zero-order valence-electron chi connectivity index (χ0n) is 20.5. The first-order valence-electron chi connectivity index (χ1n) is 12.9. The normalized spacial score (nSPS) is 16.8. The lowest BCUT2D eigenvalue weighted by Crippen LogP contribution is -2.39. The van der Waals surface area contributed by atoms with Crippen molar-refractivity contribution in [3.63, 3.8) is 0 Å². The van der Waals surface area contributed by atoms with Gasteiger partial charge in [0, 0.05) is 37.0 Å². The highest BCUT2D eigenvalue weighted by Crippen LogP contribution is 2.35. The fourth-order valence-corrected chi connectivity index (χ4v) is 5.01. The Balaban J connectivity index is 1.13. The largest absolute Gasteiger partial charge is 0.369 e. The minimum Gasteiger partial charge on any atom is -0.369 e. The third kappa shape index (κ3) is 5.65. The lowest BCUT2D eigenvalue weighted by Gasteiger charge is -2.30. The maximum atomic E-state index is 13.0. The summed E-state index contributed by atoms with van der Waals surface area (Å²) in [6.07, 6.45) is 5.25. The maximum absolute atomic E-state index is 13.0. The van der Waals surface area contributed by atoms with Crippen LogP contribution in [0.1, 0.15) is 49.5 Å². The molecule has 2 aromatic carbocycles. The molecule has 0 unspecified atom stereocenters. The van der Waals surface area contributed by atoms with Crippen molar-refractivity contribution >= 4 is 28.4 Å². The predicted octanol–water partition coefficient (Wildman–Crippen LogP) is 3.04. The van der Waals surface area contributed by atoms with E-state index in [0.29, 0.717) is 23.1 Å². The van der Waals surface area contributed by atoms with Crippen LogP contribution >= 0.6 is 0 Å². The number of rotatable bonds is 9. The molecule has 5 rings (SSSR count). The van der Waals surface area contributed by atoms with Crippen LogP contribution in [-0.2, 0) is 22.4 Å². The Bertz CT molecular complexity index is 1310. The highest BCUT2D eigenvalue weighted by Gasteiger charge is 2.28. The van der Waals surface area contributed by atoms with Gasteiger partial charge in [-0.3, -0.25) is 19.0 Å². The number of nitrogens with two attached hydrogens (primary N) is 1. The molecule has 0 radical (unpaired) electrons. The van der Waals surface area contributed by atoms with Crippen molar-refractivity contribution in [1.82, 2.24) is 14.5 Å². The third-order valence-electron chi connectivity index (χ3n) is 7.31. The topological polar surface area (TPSA) is 110 Å². The molecule has 2 fully saturated rings. The number of aromatic nitrogens is 2. The van der Waals surface area contributed by atoms with Crippen LogP contribution in [0.2, 0.25) is 0 Å². The second-order valence-corrected chi connectivity index (χ2v) is 9.96. The Morgan fingerprint density at radius 2 is 1.69 bits per heavy atom. The minimum absolute atomic E-state index is 0.00802. The number of piperidine rings is 1. The van der Waals surface area contributed by atoms with E-state index < -0.39 is 0 Å². The van der Waals surface area contributed by atoms with E-state index in [9.17, 15) is 14.4 Å². The molecule has 2 amide bonds. The smallest absolute Gasteiger partial charge is 0.261 e. The average Bonchev–Trinajstić information content (AvgIpc) is 3.72. The van der Waals surface area contributed by atoms with E-state index in [-0.39, 0.29) is 35.8 Å². The molecular formula is C28H33N5O3. The van der Waals surface area contributed by atoms with Crippen LogP contribution in [0, 0.1) is 5.92 Å². The molecular weight excluding hydrogens is 454 g/mol. The van der Waals surface area contributed by atoms with Crippen molar-refractivity contribution in [2.75, 3.05) is 25.0 Å². The van der Waals surface area contributed by atoms with Crippen LogP contribution in [-0.4, -0.2) is 45.9 Å². The summed E-state index contributed by atoms with van der Waals surface area (Å²) in [5, 5.41) is 3.60. The molecule has 2 heterocycles. The van der Waals surface area contributed by atoms with E-state index in [1.54, 1.807) is 4.57 Å². The SMILES string of the molecule is NC(=O)C1CCN(CCc2ccc(NC(=O)CCc3nc4ccccc4c(=O)n3C3CC3)cc2)CC1. The molecule has 1 aliphatic heterocycles. The maximum Gasteiger partial charge on any atom is 0.261 e. The number of primary amides is 1. The highest BCUT2D eigenvalue weighted by molar-refractivity contribution is 5.90. The van der Waals surface area contributed by atoms with Gasteiger partial charge in [-0.2, -0.15) is 0 Å². The van der Waals surface area contributed by atoms with Crippen LogP contribution in [0.25, 0.3) is 10.9 Å². The quantitative estimate of drug-likeness (QED) is 0.482. The Kier molecular flexibility index (Phi) is 7.13. The van der Waals surface area contributed by atoms with Crippen LogP contribution in [0.5, 0.6) is 0 Å². The molecule has 1 saturated carbocycles. The molecule has 3 aromatic rings. The number of carbonyl (C=O) groups is 2. The molecule has 188 valence electrons. The van der Waals surface area contributed by atoms with E-state index in [2.05, 4.69) is 10.2 Å². The number of amides is 2. The number of likely N-dealkylation sites (tertiary alicyclic amines) is 1. The number of benzene rings is 2.